The number of hydrogen-bond acceptors (Lipinski definition) is 4. The van der Waals surface area contributed by atoms with Crippen molar-refractivity contribution in [2.24, 2.45) is 4.99 Å². The van der Waals surface area contributed by atoms with Crippen LogP contribution < -0.4 is 10.6 Å². The van der Waals surface area contributed by atoms with E-state index in [1.54, 1.807) is 7.05 Å². The average molecular weight is 410 g/mol. The van der Waals surface area contributed by atoms with Crippen LogP contribution in [-0.2, 0) is 11.3 Å². The van der Waals surface area contributed by atoms with E-state index < -0.39 is 0 Å². The maximum Gasteiger partial charge on any atom is 0.214 e. The number of nitrogens with zero attached hydrogens (tertiary/aromatic N) is 2. The number of unbranched alkanes of at least 4 members (excludes halogenated alkanes) is 1. The quantitative estimate of drug-likeness (QED) is 0.298. The predicted molar refractivity (Wildman–Crippen MR) is 95.3 cm³/mol. The Morgan fingerprint density at radius 1 is 1.29 bits per heavy atom. The molecular formula is C14H27IN4O2. The van der Waals surface area contributed by atoms with E-state index in [2.05, 4.69) is 27.5 Å². The monoisotopic (exact) mass is 410 g/mol. The number of ether oxygens (including phenoxy) is 1. The van der Waals surface area contributed by atoms with Crippen LogP contribution in [-0.4, -0.2) is 37.7 Å². The molecule has 0 saturated heterocycles. The molecule has 0 unspecified atom stereocenters. The molecule has 1 rings (SSSR count). The third-order valence-corrected chi connectivity index (χ3v) is 2.88. The van der Waals surface area contributed by atoms with E-state index in [9.17, 15) is 0 Å². The number of aryl methyl sites for hydroxylation is 2. The summed E-state index contributed by atoms with van der Waals surface area (Å²) in [6.45, 7) is 8.74. The third kappa shape index (κ3) is 8.25. The predicted octanol–water partition coefficient (Wildman–Crippen LogP) is 2.39. The number of nitrogens with one attached hydrogen (secondary N) is 2. The van der Waals surface area contributed by atoms with Crippen molar-refractivity contribution in [2.45, 2.75) is 40.2 Å². The molecule has 1 heterocycles. The molecule has 0 atom stereocenters. The van der Waals surface area contributed by atoms with E-state index in [4.69, 9.17) is 9.15 Å². The van der Waals surface area contributed by atoms with Crippen LogP contribution in [0.15, 0.2) is 9.41 Å². The van der Waals surface area contributed by atoms with Gasteiger partial charge in [0, 0.05) is 20.2 Å². The molecule has 6 nitrogen and oxygen atoms in total. The third-order valence-electron chi connectivity index (χ3n) is 2.88. The number of guanidine groups is 1. The molecule has 122 valence electrons. The van der Waals surface area contributed by atoms with Crippen LogP contribution in [0.1, 0.15) is 37.1 Å². The molecule has 2 N–H and O–H groups in total. The summed E-state index contributed by atoms with van der Waals surface area (Å²) in [4.78, 5) is 8.45. The molecule has 1 aromatic rings. The van der Waals surface area contributed by atoms with Crippen LogP contribution in [0, 0.1) is 13.8 Å². The van der Waals surface area contributed by atoms with E-state index in [1.165, 1.54) is 0 Å². The zero-order chi connectivity index (χ0) is 14.8. The first-order valence-corrected chi connectivity index (χ1v) is 7.12. The molecule has 0 aliphatic heterocycles. The van der Waals surface area contributed by atoms with E-state index in [1.807, 2.05) is 13.8 Å². The molecule has 0 amide bonds. The van der Waals surface area contributed by atoms with Gasteiger partial charge in [0.05, 0.1) is 18.8 Å². The molecule has 0 radical (unpaired) electrons. The van der Waals surface area contributed by atoms with Crippen molar-refractivity contribution in [3.63, 3.8) is 0 Å². The van der Waals surface area contributed by atoms with Crippen LogP contribution in [0.3, 0.4) is 0 Å². The zero-order valence-corrected chi connectivity index (χ0v) is 15.7. The lowest BCUT2D eigenvalue weighted by atomic mass is 10.4. The molecule has 0 saturated carbocycles. The first-order valence-electron chi connectivity index (χ1n) is 7.12. The largest absolute Gasteiger partial charge is 0.444 e. The topological polar surface area (TPSA) is 71.7 Å². The van der Waals surface area contributed by atoms with E-state index in [-0.39, 0.29) is 24.0 Å². The average Bonchev–Trinajstić information content (AvgIpc) is 2.76. The molecule has 0 aliphatic rings. The normalized spacial score (nSPS) is 11.1. The smallest absolute Gasteiger partial charge is 0.214 e. The van der Waals surface area contributed by atoms with Gasteiger partial charge in [0.15, 0.2) is 5.96 Å². The fraction of sp³-hybridized carbons (Fsp3) is 0.714. The molecule has 0 fully saturated rings. The number of aliphatic imine (C=N–C) groups is 1. The Kier molecular flexibility index (Phi) is 11.3. The lowest BCUT2D eigenvalue weighted by Gasteiger charge is -2.10. The second-order valence-corrected chi connectivity index (χ2v) is 4.57. The summed E-state index contributed by atoms with van der Waals surface area (Å²) in [6, 6.07) is 0. The first kappa shape index (κ1) is 20.2. The van der Waals surface area contributed by atoms with Crippen molar-refractivity contribution in [3.8, 4) is 0 Å². The van der Waals surface area contributed by atoms with Crippen molar-refractivity contribution >= 4 is 29.9 Å². The molecular weight excluding hydrogens is 383 g/mol. The molecule has 21 heavy (non-hydrogen) atoms. The highest BCUT2D eigenvalue weighted by molar-refractivity contribution is 14.0. The van der Waals surface area contributed by atoms with Gasteiger partial charge in [0.2, 0.25) is 5.89 Å². The minimum absolute atomic E-state index is 0. The van der Waals surface area contributed by atoms with Crippen molar-refractivity contribution in [1.29, 1.82) is 0 Å². The Morgan fingerprint density at radius 3 is 2.62 bits per heavy atom. The van der Waals surface area contributed by atoms with Crippen LogP contribution >= 0.6 is 24.0 Å². The van der Waals surface area contributed by atoms with Crippen molar-refractivity contribution in [2.75, 3.05) is 26.8 Å². The lowest BCUT2D eigenvalue weighted by Crippen LogP contribution is -2.38. The number of hydrogen-bond donors (Lipinski definition) is 2. The first-order chi connectivity index (χ1) is 9.67. The van der Waals surface area contributed by atoms with E-state index >= 15 is 0 Å². The van der Waals surface area contributed by atoms with E-state index in [0.29, 0.717) is 19.0 Å². The number of oxazole rings is 1. The second-order valence-electron chi connectivity index (χ2n) is 4.57. The molecule has 0 aliphatic carbocycles. The summed E-state index contributed by atoms with van der Waals surface area (Å²) in [5, 5.41) is 6.34. The summed E-state index contributed by atoms with van der Waals surface area (Å²) in [6.07, 6.45) is 2.27. The lowest BCUT2D eigenvalue weighted by molar-refractivity contribution is 0.136. The summed E-state index contributed by atoms with van der Waals surface area (Å²) in [7, 11) is 1.74. The highest BCUT2D eigenvalue weighted by Gasteiger charge is 2.06. The number of rotatable bonds is 8. The minimum atomic E-state index is 0. The van der Waals surface area contributed by atoms with E-state index in [0.717, 1.165) is 43.4 Å². The molecule has 0 spiro atoms. The van der Waals surface area contributed by atoms with Gasteiger partial charge >= 0.3 is 0 Å². The second kappa shape index (κ2) is 11.8. The molecule has 1 aromatic heterocycles. The van der Waals surface area contributed by atoms with Gasteiger partial charge in [-0.05, 0) is 20.3 Å². The van der Waals surface area contributed by atoms with Crippen LogP contribution in [0.5, 0.6) is 0 Å². The van der Waals surface area contributed by atoms with Crippen LogP contribution in [0.25, 0.3) is 0 Å². The summed E-state index contributed by atoms with van der Waals surface area (Å²) in [5.41, 5.74) is 0.925. The Hall–Kier alpha value is -0.830. The van der Waals surface area contributed by atoms with Gasteiger partial charge in [-0.25, -0.2) is 4.98 Å². The van der Waals surface area contributed by atoms with Gasteiger partial charge in [-0.2, -0.15) is 0 Å². The molecule has 7 heteroatoms. The summed E-state index contributed by atoms with van der Waals surface area (Å²) >= 11 is 0. The highest BCUT2D eigenvalue weighted by atomic mass is 127. The van der Waals surface area contributed by atoms with Crippen LogP contribution in [0.4, 0.5) is 0 Å². The fourth-order valence-corrected chi connectivity index (χ4v) is 1.58. The summed E-state index contributed by atoms with van der Waals surface area (Å²) < 4.78 is 11.0. The molecule has 0 bridgehead atoms. The van der Waals surface area contributed by atoms with Gasteiger partial charge in [-0.1, -0.05) is 13.3 Å². The van der Waals surface area contributed by atoms with Crippen molar-refractivity contribution < 1.29 is 9.15 Å². The summed E-state index contributed by atoms with van der Waals surface area (Å²) in [5.74, 6) is 2.24. The fourth-order valence-electron chi connectivity index (χ4n) is 1.58. The zero-order valence-electron chi connectivity index (χ0n) is 13.4. The van der Waals surface area contributed by atoms with Crippen molar-refractivity contribution in [1.82, 2.24) is 15.6 Å². The molecule has 0 aromatic carbocycles. The Labute approximate surface area is 144 Å². The number of aromatic nitrogens is 1. The van der Waals surface area contributed by atoms with Crippen molar-refractivity contribution in [3.05, 3.63) is 17.3 Å². The Bertz CT molecular complexity index is 402. The highest BCUT2D eigenvalue weighted by Crippen LogP contribution is 2.07. The number of halogens is 1. The Balaban J connectivity index is 0.00000400. The standard InChI is InChI=1S/C14H26N4O2.HI/c1-5-6-8-19-9-7-16-14(15-4)17-10-13-18-11(2)12(3)20-13;/h5-10H2,1-4H3,(H2,15,16,17);1H. The van der Waals surface area contributed by atoms with Gasteiger partial charge < -0.3 is 19.8 Å². The maximum absolute atomic E-state index is 5.50. The van der Waals surface area contributed by atoms with Gasteiger partial charge in [-0.3, -0.25) is 4.99 Å². The van der Waals surface area contributed by atoms with Gasteiger partial charge in [0.25, 0.3) is 0 Å². The maximum atomic E-state index is 5.50. The van der Waals surface area contributed by atoms with Gasteiger partial charge in [-0.15, -0.1) is 24.0 Å². The van der Waals surface area contributed by atoms with Crippen LogP contribution in [0.2, 0.25) is 0 Å². The minimum Gasteiger partial charge on any atom is -0.444 e. The van der Waals surface area contributed by atoms with Gasteiger partial charge in [0.1, 0.15) is 5.76 Å². The Morgan fingerprint density at radius 2 is 2.05 bits per heavy atom. The SMILES string of the molecule is CCCCOCCNC(=NC)NCc1nc(C)c(C)o1.I.